The molecule has 0 aromatic rings. The highest BCUT2D eigenvalue weighted by Crippen LogP contribution is 2.57. The van der Waals surface area contributed by atoms with Gasteiger partial charge in [-0.1, -0.05) is 13.8 Å². The van der Waals surface area contributed by atoms with Gasteiger partial charge in [-0.3, -0.25) is 4.79 Å². The van der Waals surface area contributed by atoms with E-state index in [4.69, 9.17) is 15.2 Å². The van der Waals surface area contributed by atoms with Crippen LogP contribution in [0.3, 0.4) is 0 Å². The van der Waals surface area contributed by atoms with Crippen molar-refractivity contribution < 1.29 is 19.1 Å². The van der Waals surface area contributed by atoms with Gasteiger partial charge in [0.2, 0.25) is 5.91 Å². The lowest BCUT2D eigenvalue weighted by molar-refractivity contribution is -0.225. The number of fused-ring (bicyclic) bond motifs is 1. The van der Waals surface area contributed by atoms with Crippen molar-refractivity contribution in [2.75, 3.05) is 13.2 Å². The summed E-state index contributed by atoms with van der Waals surface area (Å²) in [7, 11) is 0. The number of rotatable bonds is 4. The molecule has 1 aliphatic heterocycles. The SMILES string of the molecule is CCOC(=O)C(C)NC(=O)C1(N)C2CCCOC2C1(C)C. The van der Waals surface area contributed by atoms with Gasteiger partial charge in [0.05, 0.1) is 12.7 Å². The summed E-state index contributed by atoms with van der Waals surface area (Å²) in [6, 6.07) is -0.697. The van der Waals surface area contributed by atoms with Gasteiger partial charge in [-0.05, 0) is 26.7 Å². The molecule has 1 amide bonds. The van der Waals surface area contributed by atoms with E-state index in [1.807, 2.05) is 13.8 Å². The zero-order chi connectivity index (χ0) is 15.8. The van der Waals surface area contributed by atoms with E-state index in [-0.39, 0.29) is 24.5 Å². The molecule has 0 aromatic heterocycles. The first-order chi connectivity index (χ1) is 9.76. The van der Waals surface area contributed by atoms with Crippen LogP contribution in [0.4, 0.5) is 0 Å². The Kier molecular flexibility index (Phi) is 4.31. The third-order valence-corrected chi connectivity index (χ3v) is 5.05. The minimum absolute atomic E-state index is 0.00986. The van der Waals surface area contributed by atoms with Gasteiger partial charge in [0, 0.05) is 17.9 Å². The molecule has 0 bridgehead atoms. The maximum atomic E-state index is 12.6. The van der Waals surface area contributed by atoms with Crippen LogP contribution < -0.4 is 11.1 Å². The Morgan fingerprint density at radius 2 is 2.14 bits per heavy atom. The molecule has 2 rings (SSSR count). The number of hydrogen-bond acceptors (Lipinski definition) is 5. The monoisotopic (exact) mass is 298 g/mol. The molecule has 2 aliphatic rings. The number of ether oxygens (including phenoxy) is 2. The van der Waals surface area contributed by atoms with Gasteiger partial charge in [0.25, 0.3) is 0 Å². The number of carbonyl (C=O) groups is 2. The van der Waals surface area contributed by atoms with Gasteiger partial charge in [-0.2, -0.15) is 0 Å². The molecule has 1 aliphatic carbocycles. The van der Waals surface area contributed by atoms with Gasteiger partial charge >= 0.3 is 5.97 Å². The molecule has 0 spiro atoms. The number of amides is 1. The van der Waals surface area contributed by atoms with Gasteiger partial charge in [0.15, 0.2) is 0 Å². The standard InChI is InChI=1S/C15H26N2O4/c1-5-20-12(18)9(2)17-13(19)15(16)10-7-6-8-21-11(10)14(15,3)4/h9-11H,5-8,16H2,1-4H3,(H,17,19). The molecule has 4 unspecified atom stereocenters. The van der Waals surface area contributed by atoms with E-state index in [0.29, 0.717) is 0 Å². The second-order valence-corrected chi connectivity index (χ2v) is 6.58. The average Bonchev–Trinajstić information content (AvgIpc) is 2.46. The lowest BCUT2D eigenvalue weighted by Gasteiger charge is -2.65. The molecule has 0 aromatic carbocycles. The number of hydrogen-bond donors (Lipinski definition) is 2. The third-order valence-electron chi connectivity index (χ3n) is 5.05. The largest absolute Gasteiger partial charge is 0.464 e. The highest BCUT2D eigenvalue weighted by molar-refractivity contribution is 5.92. The molecule has 3 N–H and O–H groups in total. The molecule has 0 radical (unpaired) electrons. The summed E-state index contributed by atoms with van der Waals surface area (Å²) in [5.74, 6) is -0.724. The fourth-order valence-electron chi connectivity index (χ4n) is 3.68. The molecule has 1 saturated carbocycles. The first kappa shape index (κ1) is 16.2. The number of esters is 1. The van der Waals surface area contributed by atoms with Crippen molar-refractivity contribution in [3.63, 3.8) is 0 Å². The summed E-state index contributed by atoms with van der Waals surface area (Å²) in [5, 5.41) is 2.70. The Morgan fingerprint density at radius 1 is 1.48 bits per heavy atom. The van der Waals surface area contributed by atoms with Crippen LogP contribution in [0.5, 0.6) is 0 Å². The van der Waals surface area contributed by atoms with Crippen LogP contribution in [0.2, 0.25) is 0 Å². The van der Waals surface area contributed by atoms with E-state index in [1.165, 1.54) is 0 Å². The van der Waals surface area contributed by atoms with Crippen molar-refractivity contribution >= 4 is 11.9 Å². The van der Waals surface area contributed by atoms with Crippen LogP contribution in [0, 0.1) is 11.3 Å². The Morgan fingerprint density at radius 3 is 2.76 bits per heavy atom. The van der Waals surface area contributed by atoms with Crippen LogP contribution >= 0.6 is 0 Å². The van der Waals surface area contributed by atoms with Crippen molar-refractivity contribution in [1.29, 1.82) is 0 Å². The average molecular weight is 298 g/mol. The van der Waals surface area contributed by atoms with E-state index in [0.717, 1.165) is 19.4 Å². The zero-order valence-corrected chi connectivity index (χ0v) is 13.3. The summed E-state index contributed by atoms with van der Waals surface area (Å²) in [6.45, 7) is 8.26. The minimum atomic E-state index is -1.00. The number of nitrogens with one attached hydrogen (secondary N) is 1. The number of nitrogens with two attached hydrogens (primary N) is 1. The van der Waals surface area contributed by atoms with Gasteiger partial charge < -0.3 is 20.5 Å². The lowest BCUT2D eigenvalue weighted by Crippen LogP contribution is -2.82. The van der Waals surface area contributed by atoms with Crippen LogP contribution in [0.25, 0.3) is 0 Å². The van der Waals surface area contributed by atoms with Crippen molar-refractivity contribution in [2.24, 2.45) is 17.1 Å². The topological polar surface area (TPSA) is 90.7 Å². The van der Waals surface area contributed by atoms with E-state index < -0.39 is 23.0 Å². The van der Waals surface area contributed by atoms with Crippen molar-refractivity contribution in [1.82, 2.24) is 5.32 Å². The Balaban J connectivity index is 2.08. The molecule has 6 heteroatoms. The summed E-state index contributed by atoms with van der Waals surface area (Å²) in [6.07, 6.45) is 1.81. The van der Waals surface area contributed by atoms with Crippen molar-refractivity contribution in [3.05, 3.63) is 0 Å². The number of carbonyl (C=O) groups excluding carboxylic acids is 2. The third kappa shape index (κ3) is 2.34. The normalized spacial score (nSPS) is 35.1. The minimum Gasteiger partial charge on any atom is -0.464 e. The predicted octanol–water partition coefficient (Wildman–Crippen LogP) is 0.587. The molecule has 1 saturated heterocycles. The fourth-order valence-corrected chi connectivity index (χ4v) is 3.68. The second-order valence-electron chi connectivity index (χ2n) is 6.58. The van der Waals surface area contributed by atoms with Crippen LogP contribution in [-0.4, -0.2) is 42.8 Å². The smallest absolute Gasteiger partial charge is 0.328 e. The van der Waals surface area contributed by atoms with E-state index >= 15 is 0 Å². The lowest BCUT2D eigenvalue weighted by atomic mass is 9.46. The van der Waals surface area contributed by atoms with Gasteiger partial charge in [0.1, 0.15) is 11.6 Å². The van der Waals surface area contributed by atoms with Crippen molar-refractivity contribution in [3.8, 4) is 0 Å². The first-order valence-electron chi connectivity index (χ1n) is 7.64. The summed E-state index contributed by atoms with van der Waals surface area (Å²) in [4.78, 5) is 24.3. The molecule has 6 nitrogen and oxygen atoms in total. The maximum Gasteiger partial charge on any atom is 0.328 e. The maximum absolute atomic E-state index is 12.6. The van der Waals surface area contributed by atoms with E-state index in [1.54, 1.807) is 13.8 Å². The fraction of sp³-hybridized carbons (Fsp3) is 0.867. The summed E-state index contributed by atoms with van der Waals surface area (Å²) >= 11 is 0. The predicted molar refractivity (Wildman–Crippen MR) is 77.4 cm³/mol. The molecular formula is C15H26N2O4. The Hall–Kier alpha value is -1.14. The molecule has 21 heavy (non-hydrogen) atoms. The summed E-state index contributed by atoms with van der Waals surface area (Å²) in [5.41, 5.74) is 5.01. The first-order valence-corrected chi connectivity index (χ1v) is 7.64. The molecule has 2 fully saturated rings. The summed E-state index contributed by atoms with van der Waals surface area (Å²) < 4.78 is 10.7. The zero-order valence-electron chi connectivity index (χ0n) is 13.3. The van der Waals surface area contributed by atoms with Crippen LogP contribution in [-0.2, 0) is 19.1 Å². The van der Waals surface area contributed by atoms with Crippen LogP contribution in [0.15, 0.2) is 0 Å². The molecule has 4 atom stereocenters. The highest BCUT2D eigenvalue weighted by Gasteiger charge is 2.70. The molecular weight excluding hydrogens is 272 g/mol. The van der Waals surface area contributed by atoms with Crippen molar-refractivity contribution in [2.45, 2.75) is 58.2 Å². The molecule has 1 heterocycles. The molecule has 120 valence electrons. The van der Waals surface area contributed by atoms with Crippen LogP contribution in [0.1, 0.15) is 40.5 Å². The van der Waals surface area contributed by atoms with Gasteiger partial charge in [-0.15, -0.1) is 0 Å². The van der Waals surface area contributed by atoms with E-state index in [2.05, 4.69) is 5.32 Å². The Labute approximate surface area is 125 Å². The Bertz CT molecular complexity index is 437. The second kappa shape index (κ2) is 5.57. The van der Waals surface area contributed by atoms with E-state index in [9.17, 15) is 9.59 Å². The quantitative estimate of drug-likeness (QED) is 0.741. The highest BCUT2D eigenvalue weighted by atomic mass is 16.5. The van der Waals surface area contributed by atoms with Gasteiger partial charge in [-0.25, -0.2) is 4.79 Å².